The van der Waals surface area contributed by atoms with Crippen LogP contribution in [0.25, 0.3) is 0 Å². The monoisotopic (exact) mass is 782 g/mol. The first-order valence-electron chi connectivity index (χ1n) is 20.9. The lowest BCUT2D eigenvalue weighted by molar-refractivity contribution is -0.161. The SMILES string of the molecule is CCCCCC/C=C\CCCCCCCCCC(=O)OC[C@H](COP(=O)(O)OCCN)OC(=O)CCC/C=C\C/C=C\C/C=C\C/C=C\CCCCCO. The Balaban J connectivity index is 4.29. The van der Waals surface area contributed by atoms with Crippen molar-refractivity contribution < 1.29 is 42.7 Å². The second-order valence-electron chi connectivity index (χ2n) is 13.6. The van der Waals surface area contributed by atoms with Crippen molar-refractivity contribution >= 4 is 19.8 Å². The van der Waals surface area contributed by atoms with Crippen molar-refractivity contribution in [3.63, 3.8) is 0 Å². The van der Waals surface area contributed by atoms with E-state index in [1.807, 2.05) is 6.08 Å². The van der Waals surface area contributed by atoms with E-state index in [0.717, 1.165) is 70.6 Å². The Bertz CT molecular complexity index is 1070. The summed E-state index contributed by atoms with van der Waals surface area (Å²) in [6.07, 6.45) is 44.1. The zero-order chi connectivity index (χ0) is 39.6. The van der Waals surface area contributed by atoms with Gasteiger partial charge in [0.05, 0.1) is 13.2 Å². The molecule has 312 valence electrons. The number of ether oxygens (including phenoxy) is 2. The van der Waals surface area contributed by atoms with Crippen LogP contribution >= 0.6 is 7.82 Å². The number of aliphatic hydroxyl groups is 1. The van der Waals surface area contributed by atoms with Crippen LogP contribution in [0.1, 0.15) is 161 Å². The van der Waals surface area contributed by atoms with Crippen LogP contribution in [0.15, 0.2) is 60.8 Å². The van der Waals surface area contributed by atoms with Gasteiger partial charge in [-0.3, -0.25) is 18.6 Å². The summed E-state index contributed by atoms with van der Waals surface area (Å²) in [5.74, 6) is -0.918. The van der Waals surface area contributed by atoms with Gasteiger partial charge in [0, 0.05) is 26.0 Å². The number of esters is 2. The number of carbonyl (C=O) groups is 2. The third-order valence-corrected chi connectivity index (χ3v) is 9.41. The fraction of sp³-hybridized carbons (Fsp3) is 0.721. The van der Waals surface area contributed by atoms with Crippen LogP contribution in [0, 0.1) is 0 Å². The molecule has 0 heterocycles. The topological polar surface area (TPSA) is 155 Å². The van der Waals surface area contributed by atoms with Crippen LogP contribution in [0.4, 0.5) is 0 Å². The van der Waals surface area contributed by atoms with Gasteiger partial charge in [0.2, 0.25) is 0 Å². The summed E-state index contributed by atoms with van der Waals surface area (Å²) < 4.78 is 32.6. The highest BCUT2D eigenvalue weighted by atomic mass is 31.2. The van der Waals surface area contributed by atoms with Crippen molar-refractivity contribution in [3.05, 3.63) is 60.8 Å². The van der Waals surface area contributed by atoms with Gasteiger partial charge >= 0.3 is 19.8 Å². The molecule has 0 saturated heterocycles. The number of phosphoric ester groups is 1. The van der Waals surface area contributed by atoms with E-state index in [1.165, 1.54) is 51.4 Å². The second-order valence-corrected chi connectivity index (χ2v) is 15.0. The Kier molecular flexibility index (Phi) is 38.6. The van der Waals surface area contributed by atoms with Crippen LogP contribution < -0.4 is 5.73 Å². The van der Waals surface area contributed by atoms with Crippen LogP contribution in [0.2, 0.25) is 0 Å². The van der Waals surface area contributed by atoms with Crippen molar-refractivity contribution in [1.82, 2.24) is 0 Å². The second kappa shape index (κ2) is 40.3. The van der Waals surface area contributed by atoms with Gasteiger partial charge in [0.1, 0.15) is 6.61 Å². The molecule has 0 spiro atoms. The number of hydrogen-bond acceptors (Lipinski definition) is 9. The van der Waals surface area contributed by atoms with E-state index in [9.17, 15) is 19.0 Å². The minimum absolute atomic E-state index is 0.0372. The van der Waals surface area contributed by atoms with Crippen LogP contribution in [-0.2, 0) is 32.7 Å². The molecule has 0 aliphatic rings. The molecule has 0 radical (unpaired) electrons. The molecule has 0 aliphatic heterocycles. The van der Waals surface area contributed by atoms with Crippen molar-refractivity contribution in [2.45, 2.75) is 167 Å². The molecular formula is C43H76NO9P. The van der Waals surface area contributed by atoms with Gasteiger partial charge in [-0.25, -0.2) is 4.57 Å². The number of rotatable bonds is 39. The number of carbonyl (C=O) groups excluding carboxylic acids is 2. The fourth-order valence-corrected chi connectivity index (χ4v) is 6.07. The van der Waals surface area contributed by atoms with Gasteiger partial charge < -0.3 is 25.2 Å². The van der Waals surface area contributed by atoms with Gasteiger partial charge in [0.15, 0.2) is 6.10 Å². The molecule has 0 aromatic heterocycles. The number of hydrogen-bond donors (Lipinski definition) is 3. The van der Waals surface area contributed by atoms with E-state index in [4.69, 9.17) is 29.4 Å². The quantitative estimate of drug-likeness (QED) is 0.0237. The molecule has 0 saturated carbocycles. The van der Waals surface area contributed by atoms with Crippen molar-refractivity contribution in [3.8, 4) is 0 Å². The maximum absolute atomic E-state index is 12.5. The minimum Gasteiger partial charge on any atom is -0.462 e. The summed E-state index contributed by atoms with van der Waals surface area (Å²) in [6.45, 7) is 1.64. The summed E-state index contributed by atoms with van der Waals surface area (Å²) in [6, 6.07) is 0. The Morgan fingerprint density at radius 1 is 0.593 bits per heavy atom. The summed E-state index contributed by atoms with van der Waals surface area (Å²) in [7, 11) is -4.40. The molecule has 0 aliphatic carbocycles. The lowest BCUT2D eigenvalue weighted by Crippen LogP contribution is -2.29. The molecule has 4 N–H and O–H groups in total. The highest BCUT2D eigenvalue weighted by Gasteiger charge is 2.25. The predicted molar refractivity (Wildman–Crippen MR) is 221 cm³/mol. The lowest BCUT2D eigenvalue weighted by Gasteiger charge is -2.19. The summed E-state index contributed by atoms with van der Waals surface area (Å²) >= 11 is 0. The maximum Gasteiger partial charge on any atom is 0.472 e. The third kappa shape index (κ3) is 39.4. The molecule has 10 nitrogen and oxygen atoms in total. The van der Waals surface area contributed by atoms with Gasteiger partial charge in [-0.05, 0) is 83.5 Å². The zero-order valence-corrected chi connectivity index (χ0v) is 34.5. The number of unbranched alkanes of at least 4 members (excludes halogenated alkanes) is 15. The van der Waals surface area contributed by atoms with E-state index >= 15 is 0 Å². The number of aliphatic hydroxyl groups excluding tert-OH is 1. The molecular weight excluding hydrogens is 705 g/mol. The molecule has 0 bridgehead atoms. The van der Waals surface area contributed by atoms with Gasteiger partial charge in [-0.1, -0.05) is 125 Å². The van der Waals surface area contributed by atoms with Crippen LogP contribution in [0.3, 0.4) is 0 Å². The average molecular weight is 782 g/mol. The first kappa shape index (κ1) is 51.7. The molecule has 2 atom stereocenters. The standard InChI is InChI=1S/C43H76NO9P/c1-2-3-4-5-6-7-8-9-13-16-19-22-25-28-31-34-42(46)50-39-41(40-52-54(48,49)51-38-36-44)53-43(47)35-32-29-26-23-20-17-14-11-10-12-15-18-21-24-27-30-33-37-45/h7-8,10,12,14,17-18,21,23,26,41,45H,2-6,9,11,13,15-16,19-20,22,24-25,27-40,44H2,1H3,(H,48,49)/b8-7-,12-10-,17-14-,21-18-,26-23-/t41-/m1/s1. The summed E-state index contributed by atoms with van der Waals surface area (Å²) in [5, 5.41) is 8.79. The van der Waals surface area contributed by atoms with E-state index < -0.39 is 32.5 Å². The van der Waals surface area contributed by atoms with E-state index in [1.54, 1.807) is 0 Å². The van der Waals surface area contributed by atoms with Gasteiger partial charge in [-0.15, -0.1) is 0 Å². The van der Waals surface area contributed by atoms with Crippen molar-refractivity contribution in [2.24, 2.45) is 5.73 Å². The Hall–Kier alpha value is -2.33. The summed E-state index contributed by atoms with van der Waals surface area (Å²) in [4.78, 5) is 34.8. The largest absolute Gasteiger partial charge is 0.472 e. The predicted octanol–water partition coefficient (Wildman–Crippen LogP) is 10.7. The molecule has 0 amide bonds. The molecule has 0 aromatic rings. The Labute approximate surface area is 328 Å². The van der Waals surface area contributed by atoms with E-state index in [0.29, 0.717) is 19.3 Å². The Morgan fingerprint density at radius 3 is 1.61 bits per heavy atom. The zero-order valence-electron chi connectivity index (χ0n) is 33.6. The van der Waals surface area contributed by atoms with Crippen molar-refractivity contribution in [1.29, 1.82) is 0 Å². The minimum atomic E-state index is -4.40. The maximum atomic E-state index is 12.5. The average Bonchev–Trinajstić information content (AvgIpc) is 3.16. The van der Waals surface area contributed by atoms with Crippen LogP contribution in [0.5, 0.6) is 0 Å². The van der Waals surface area contributed by atoms with Gasteiger partial charge in [-0.2, -0.15) is 0 Å². The highest BCUT2D eigenvalue weighted by molar-refractivity contribution is 7.47. The first-order valence-corrected chi connectivity index (χ1v) is 22.4. The summed E-state index contributed by atoms with van der Waals surface area (Å²) in [5.41, 5.74) is 5.33. The number of nitrogens with two attached hydrogens (primary N) is 1. The first-order chi connectivity index (χ1) is 26.3. The number of phosphoric acid groups is 1. The third-order valence-electron chi connectivity index (χ3n) is 8.43. The Morgan fingerprint density at radius 2 is 1.06 bits per heavy atom. The number of allylic oxidation sites excluding steroid dienone is 10. The van der Waals surface area contributed by atoms with Crippen molar-refractivity contribution in [2.75, 3.05) is 33.0 Å². The highest BCUT2D eigenvalue weighted by Crippen LogP contribution is 2.43. The van der Waals surface area contributed by atoms with Gasteiger partial charge in [0.25, 0.3) is 0 Å². The van der Waals surface area contributed by atoms with E-state index in [-0.39, 0.29) is 39.2 Å². The molecule has 0 rings (SSSR count). The fourth-order valence-electron chi connectivity index (χ4n) is 5.31. The smallest absolute Gasteiger partial charge is 0.462 e. The van der Waals surface area contributed by atoms with Crippen LogP contribution in [-0.4, -0.2) is 61.0 Å². The normalized spacial score (nSPS) is 13.9. The molecule has 0 fully saturated rings. The molecule has 0 aromatic carbocycles. The molecule has 1 unspecified atom stereocenters. The molecule has 54 heavy (non-hydrogen) atoms. The van der Waals surface area contributed by atoms with E-state index in [2.05, 4.69) is 61.6 Å². The molecule has 11 heteroatoms. The lowest BCUT2D eigenvalue weighted by atomic mass is 10.1.